The maximum atomic E-state index is 14.3. The fourth-order valence-corrected chi connectivity index (χ4v) is 7.02. The van der Waals surface area contributed by atoms with E-state index < -0.39 is 53.1 Å². The van der Waals surface area contributed by atoms with Crippen molar-refractivity contribution < 1.29 is 33.5 Å². The SMILES string of the molecule is CC(C)(C)C[C@H](NC(=O)N[C@H](C(=O)N1C[C@H]2[C@@H]([C@H]1C(=O)CC(CC1CC1)C(=O)C(N)=O)C2(C)C)C(C)(C)C)C(=O)OCC1CC1. The summed E-state index contributed by atoms with van der Waals surface area (Å²) in [5, 5.41) is 5.58. The molecule has 4 rings (SSSR count). The fourth-order valence-electron chi connectivity index (χ4n) is 7.02. The van der Waals surface area contributed by atoms with Gasteiger partial charge in [-0.25, -0.2) is 9.59 Å². The van der Waals surface area contributed by atoms with Gasteiger partial charge in [-0.3, -0.25) is 19.2 Å². The number of Topliss-reactive ketones (excluding diaryl/α,β-unsaturated/α-hetero) is 2. The number of urea groups is 1. The summed E-state index contributed by atoms with van der Waals surface area (Å²) in [6.45, 7) is 16.3. The van der Waals surface area contributed by atoms with Gasteiger partial charge >= 0.3 is 12.0 Å². The Hall–Kier alpha value is -2.98. The number of carbonyl (C=O) groups is 6. The third-order valence-corrected chi connectivity index (χ3v) is 10.2. The van der Waals surface area contributed by atoms with Crippen molar-refractivity contribution in [2.45, 2.75) is 118 Å². The van der Waals surface area contributed by atoms with E-state index in [-0.39, 0.29) is 40.8 Å². The van der Waals surface area contributed by atoms with E-state index in [1.165, 1.54) is 0 Å². The number of likely N-dealkylation sites (tertiary alicyclic amines) is 1. The van der Waals surface area contributed by atoms with Gasteiger partial charge in [0.25, 0.3) is 5.91 Å². The summed E-state index contributed by atoms with van der Waals surface area (Å²) in [6.07, 6.45) is 4.63. The van der Waals surface area contributed by atoms with Crippen molar-refractivity contribution in [2.24, 2.45) is 51.6 Å². The number of fused-ring (bicyclic) bond motifs is 1. The second-order valence-corrected chi connectivity index (χ2v) is 17.0. The van der Waals surface area contributed by atoms with Crippen LogP contribution in [0.25, 0.3) is 0 Å². The van der Waals surface area contributed by atoms with Crippen LogP contribution in [0.3, 0.4) is 0 Å². The quantitative estimate of drug-likeness (QED) is 0.196. The van der Waals surface area contributed by atoms with E-state index >= 15 is 0 Å². The second kappa shape index (κ2) is 12.7. The molecule has 4 aliphatic rings. The van der Waals surface area contributed by atoms with Gasteiger partial charge in [-0.15, -0.1) is 0 Å². The molecule has 1 saturated heterocycles. The van der Waals surface area contributed by atoms with E-state index in [4.69, 9.17) is 10.5 Å². The van der Waals surface area contributed by atoms with Crippen molar-refractivity contribution in [3.05, 3.63) is 0 Å². The fraction of sp³-hybridized carbons (Fsp3) is 0.824. The molecule has 0 aromatic rings. The predicted molar refractivity (Wildman–Crippen MR) is 167 cm³/mol. The van der Waals surface area contributed by atoms with E-state index in [9.17, 15) is 28.8 Å². The third-order valence-electron chi connectivity index (χ3n) is 10.2. The van der Waals surface area contributed by atoms with Gasteiger partial charge in [0, 0.05) is 18.9 Å². The van der Waals surface area contributed by atoms with E-state index in [0.29, 0.717) is 37.8 Å². The Balaban J connectivity index is 1.50. The van der Waals surface area contributed by atoms with Crippen LogP contribution in [0, 0.1) is 45.8 Å². The minimum Gasteiger partial charge on any atom is -0.464 e. The van der Waals surface area contributed by atoms with Gasteiger partial charge in [0.05, 0.1) is 12.6 Å². The molecule has 252 valence electrons. The summed E-state index contributed by atoms with van der Waals surface area (Å²) in [6, 6.07) is -3.31. The molecular formula is C34H54N4O7. The van der Waals surface area contributed by atoms with Gasteiger partial charge in [0.2, 0.25) is 11.7 Å². The number of amides is 4. The van der Waals surface area contributed by atoms with Gasteiger partial charge in [-0.1, -0.05) is 68.2 Å². The number of nitrogens with zero attached hydrogens (tertiary/aromatic N) is 1. The molecule has 0 aromatic heterocycles. The number of primary amides is 1. The Morgan fingerprint density at radius 2 is 1.53 bits per heavy atom. The van der Waals surface area contributed by atoms with E-state index in [0.717, 1.165) is 25.7 Å². The van der Waals surface area contributed by atoms with Crippen molar-refractivity contribution in [3.63, 3.8) is 0 Å². The molecule has 3 aliphatic carbocycles. The van der Waals surface area contributed by atoms with Crippen LogP contribution in [0.4, 0.5) is 4.79 Å². The number of ether oxygens (including phenoxy) is 1. The molecule has 6 atom stereocenters. The molecule has 4 fully saturated rings. The maximum absolute atomic E-state index is 14.3. The topological polar surface area (TPSA) is 165 Å². The van der Waals surface area contributed by atoms with Crippen LogP contribution in [0.1, 0.15) is 100 Å². The second-order valence-electron chi connectivity index (χ2n) is 17.0. The molecule has 3 saturated carbocycles. The zero-order chi connectivity index (χ0) is 33.6. The monoisotopic (exact) mass is 630 g/mol. The van der Waals surface area contributed by atoms with Crippen molar-refractivity contribution >= 4 is 35.4 Å². The minimum absolute atomic E-state index is 0.0777. The van der Waals surface area contributed by atoms with Crippen LogP contribution in [-0.4, -0.2) is 71.6 Å². The van der Waals surface area contributed by atoms with Crippen molar-refractivity contribution in [1.82, 2.24) is 15.5 Å². The summed E-state index contributed by atoms with van der Waals surface area (Å²) < 4.78 is 5.50. The zero-order valence-electron chi connectivity index (χ0n) is 28.4. The molecule has 4 N–H and O–H groups in total. The van der Waals surface area contributed by atoms with E-state index in [1.54, 1.807) is 4.90 Å². The average Bonchev–Trinajstić information content (AvgIpc) is 3.86. The summed E-state index contributed by atoms with van der Waals surface area (Å²) in [7, 11) is 0. The predicted octanol–water partition coefficient (Wildman–Crippen LogP) is 3.37. The van der Waals surface area contributed by atoms with Crippen molar-refractivity contribution in [2.75, 3.05) is 13.2 Å². The highest BCUT2D eigenvalue weighted by Gasteiger charge is 2.69. The Bertz CT molecular complexity index is 1210. The normalized spacial score (nSPS) is 25.8. The lowest BCUT2D eigenvalue weighted by atomic mass is 9.84. The lowest BCUT2D eigenvalue weighted by molar-refractivity contribution is -0.147. The molecule has 1 heterocycles. The first-order chi connectivity index (χ1) is 20.7. The largest absolute Gasteiger partial charge is 0.464 e. The van der Waals surface area contributed by atoms with Gasteiger partial charge in [0.1, 0.15) is 12.1 Å². The number of rotatable bonds is 14. The van der Waals surface area contributed by atoms with Crippen molar-refractivity contribution in [1.29, 1.82) is 0 Å². The molecule has 0 spiro atoms. The minimum atomic E-state index is -1.04. The average molecular weight is 631 g/mol. The Kier molecular flexibility index (Phi) is 9.82. The smallest absolute Gasteiger partial charge is 0.328 e. The summed E-state index contributed by atoms with van der Waals surface area (Å²) in [5.41, 5.74) is 4.17. The highest BCUT2D eigenvalue weighted by atomic mass is 16.5. The number of hydrogen-bond donors (Lipinski definition) is 3. The first-order valence-electron chi connectivity index (χ1n) is 16.6. The summed E-state index contributed by atoms with van der Waals surface area (Å²) in [5.74, 6) is -2.98. The Labute approximate surface area is 267 Å². The van der Waals surface area contributed by atoms with Crippen LogP contribution < -0.4 is 16.4 Å². The first-order valence-corrected chi connectivity index (χ1v) is 16.6. The number of ketones is 2. The van der Waals surface area contributed by atoms with E-state index in [2.05, 4.69) is 24.5 Å². The molecule has 0 aromatic carbocycles. The number of nitrogens with two attached hydrogens (primary N) is 1. The molecule has 11 nitrogen and oxygen atoms in total. The summed E-state index contributed by atoms with van der Waals surface area (Å²) in [4.78, 5) is 80.6. The molecule has 1 aliphatic heterocycles. The highest BCUT2D eigenvalue weighted by molar-refractivity contribution is 6.36. The van der Waals surface area contributed by atoms with E-state index in [1.807, 2.05) is 41.5 Å². The van der Waals surface area contributed by atoms with Crippen LogP contribution >= 0.6 is 0 Å². The standard InChI is InChI=1S/C34H54N4O7/c1-32(2,3)15-22(30(43)45-17-19-11-12-19)36-31(44)37-27(33(4,5)6)29(42)38-16-21-24(34(21,7)8)25(38)23(39)14-20(13-18-9-10-18)26(40)28(35)41/h18-22,24-25,27H,9-17H2,1-8H3,(H2,35,41)(H2,36,37,44)/t20?,21-,22-,24-,25+,27+/m0/s1. The zero-order valence-corrected chi connectivity index (χ0v) is 28.4. The molecule has 11 heteroatoms. The number of nitrogens with one attached hydrogen (secondary N) is 2. The molecular weight excluding hydrogens is 576 g/mol. The first kappa shape index (κ1) is 34.9. The Morgan fingerprint density at radius 1 is 0.933 bits per heavy atom. The van der Waals surface area contributed by atoms with Gasteiger partial charge in [0.15, 0.2) is 5.78 Å². The van der Waals surface area contributed by atoms with Gasteiger partial charge < -0.3 is 26.0 Å². The van der Waals surface area contributed by atoms with Crippen LogP contribution in [0.15, 0.2) is 0 Å². The third kappa shape index (κ3) is 8.64. The number of hydrogen-bond acceptors (Lipinski definition) is 7. The Morgan fingerprint density at radius 3 is 2.04 bits per heavy atom. The van der Waals surface area contributed by atoms with Crippen LogP contribution in [-0.2, 0) is 28.7 Å². The highest BCUT2D eigenvalue weighted by Crippen LogP contribution is 2.65. The molecule has 0 bridgehead atoms. The van der Waals surface area contributed by atoms with Crippen LogP contribution in [0.2, 0.25) is 0 Å². The molecule has 45 heavy (non-hydrogen) atoms. The summed E-state index contributed by atoms with van der Waals surface area (Å²) >= 11 is 0. The van der Waals surface area contributed by atoms with Crippen molar-refractivity contribution in [3.8, 4) is 0 Å². The lowest BCUT2D eigenvalue weighted by Crippen LogP contribution is -2.60. The lowest BCUT2D eigenvalue weighted by Gasteiger charge is -2.38. The number of esters is 1. The van der Waals surface area contributed by atoms with Crippen LogP contribution in [0.5, 0.6) is 0 Å². The number of carbonyl (C=O) groups excluding carboxylic acids is 6. The maximum Gasteiger partial charge on any atom is 0.328 e. The number of piperidine rings is 1. The molecule has 0 radical (unpaired) electrons. The van der Waals surface area contributed by atoms with Gasteiger partial charge in [-0.2, -0.15) is 0 Å². The van der Waals surface area contributed by atoms with Gasteiger partial charge in [-0.05, 0) is 65.6 Å². The molecule has 1 unspecified atom stereocenters. The molecule has 4 amide bonds.